The summed E-state index contributed by atoms with van der Waals surface area (Å²) >= 11 is 0. The van der Waals surface area contributed by atoms with Crippen LogP contribution in [0.1, 0.15) is 45.6 Å². The zero-order valence-corrected chi connectivity index (χ0v) is 13.9. The average Bonchev–Trinajstić information content (AvgIpc) is 2.43. The van der Waals surface area contributed by atoms with Crippen LogP contribution in [0.2, 0.25) is 0 Å². The fourth-order valence-electron chi connectivity index (χ4n) is 2.22. The van der Waals surface area contributed by atoms with Gasteiger partial charge in [-0.05, 0) is 32.8 Å². The molecule has 5 heteroatoms. The van der Waals surface area contributed by atoms with E-state index in [1.54, 1.807) is 20.8 Å². The Balaban J connectivity index is 2.77. The first-order chi connectivity index (χ1) is 10.7. The van der Waals surface area contributed by atoms with Crippen LogP contribution in [0.15, 0.2) is 30.3 Å². The summed E-state index contributed by atoms with van der Waals surface area (Å²) in [6.07, 6.45) is 0.0667. The number of ether oxygens (including phenoxy) is 1. The predicted molar refractivity (Wildman–Crippen MR) is 86.0 cm³/mol. The minimum Gasteiger partial charge on any atom is -0.481 e. The van der Waals surface area contributed by atoms with Gasteiger partial charge in [0.05, 0.1) is 12.8 Å². The lowest BCUT2D eigenvalue weighted by Crippen LogP contribution is -2.28. The summed E-state index contributed by atoms with van der Waals surface area (Å²) in [5.41, 5.74) is 0.322. The van der Waals surface area contributed by atoms with Crippen LogP contribution in [0.3, 0.4) is 0 Å². The van der Waals surface area contributed by atoms with Crippen LogP contribution in [-0.2, 0) is 25.5 Å². The van der Waals surface area contributed by atoms with E-state index >= 15 is 0 Å². The van der Waals surface area contributed by atoms with Crippen LogP contribution in [0.5, 0.6) is 0 Å². The van der Waals surface area contributed by atoms with Crippen molar-refractivity contribution in [2.45, 2.75) is 52.1 Å². The van der Waals surface area contributed by atoms with Crippen LogP contribution in [-0.4, -0.2) is 28.4 Å². The van der Waals surface area contributed by atoms with Gasteiger partial charge >= 0.3 is 11.9 Å². The highest BCUT2D eigenvalue weighted by molar-refractivity contribution is 5.87. The lowest BCUT2D eigenvalue weighted by atomic mass is 9.90. The molecule has 0 unspecified atom stereocenters. The Labute approximate surface area is 136 Å². The molecule has 23 heavy (non-hydrogen) atoms. The molecule has 1 rings (SSSR count). The molecule has 1 aromatic rings. The van der Waals surface area contributed by atoms with Gasteiger partial charge in [-0.1, -0.05) is 30.3 Å². The van der Waals surface area contributed by atoms with Crippen molar-refractivity contribution in [3.05, 3.63) is 35.9 Å². The van der Waals surface area contributed by atoms with Crippen molar-refractivity contribution in [3.63, 3.8) is 0 Å². The molecule has 0 fully saturated rings. The Kier molecular flexibility index (Phi) is 6.94. The highest BCUT2D eigenvalue weighted by atomic mass is 16.6. The zero-order chi connectivity index (χ0) is 17.5. The SMILES string of the molecule is CC(C)(C)OC(=O)C[C@@H](Cc1ccccc1)C(=O)CCC(=O)O. The molecule has 0 saturated heterocycles. The van der Waals surface area contributed by atoms with E-state index in [1.165, 1.54) is 0 Å². The van der Waals surface area contributed by atoms with Gasteiger partial charge in [-0.3, -0.25) is 14.4 Å². The third-order valence-electron chi connectivity index (χ3n) is 3.20. The lowest BCUT2D eigenvalue weighted by molar-refractivity contribution is -0.157. The van der Waals surface area contributed by atoms with Crippen LogP contribution >= 0.6 is 0 Å². The number of Topliss-reactive ketones (excluding diaryl/α,β-unsaturated/α-hetero) is 1. The van der Waals surface area contributed by atoms with Gasteiger partial charge in [-0.2, -0.15) is 0 Å². The van der Waals surface area contributed by atoms with Crippen molar-refractivity contribution in [3.8, 4) is 0 Å². The monoisotopic (exact) mass is 320 g/mol. The molecular formula is C18H24O5. The Bertz CT molecular complexity index is 542. The van der Waals surface area contributed by atoms with E-state index in [1.807, 2.05) is 30.3 Å². The summed E-state index contributed by atoms with van der Waals surface area (Å²) in [6, 6.07) is 9.36. The van der Waals surface area contributed by atoms with Crippen molar-refractivity contribution in [2.24, 2.45) is 5.92 Å². The number of ketones is 1. The maximum atomic E-state index is 12.3. The average molecular weight is 320 g/mol. The molecule has 0 aromatic heterocycles. The molecule has 0 heterocycles. The fourth-order valence-corrected chi connectivity index (χ4v) is 2.22. The number of carboxylic acids is 1. The molecule has 1 aromatic carbocycles. The zero-order valence-electron chi connectivity index (χ0n) is 13.9. The highest BCUT2D eigenvalue weighted by Crippen LogP contribution is 2.19. The number of benzene rings is 1. The number of carbonyl (C=O) groups excluding carboxylic acids is 2. The molecule has 1 N–H and O–H groups in total. The van der Waals surface area contributed by atoms with E-state index in [2.05, 4.69) is 0 Å². The van der Waals surface area contributed by atoms with Gasteiger partial charge in [-0.15, -0.1) is 0 Å². The van der Waals surface area contributed by atoms with Crippen molar-refractivity contribution in [1.82, 2.24) is 0 Å². The largest absolute Gasteiger partial charge is 0.481 e. The number of hydrogen-bond acceptors (Lipinski definition) is 4. The molecule has 0 aliphatic carbocycles. The van der Waals surface area contributed by atoms with Crippen molar-refractivity contribution in [1.29, 1.82) is 0 Å². The summed E-state index contributed by atoms with van der Waals surface area (Å²) in [7, 11) is 0. The van der Waals surface area contributed by atoms with Crippen LogP contribution < -0.4 is 0 Å². The van der Waals surface area contributed by atoms with Crippen LogP contribution in [0.25, 0.3) is 0 Å². The standard InChI is InChI=1S/C18H24O5/c1-18(2,3)23-17(22)12-14(15(19)9-10-16(20)21)11-13-7-5-4-6-8-13/h4-8,14H,9-12H2,1-3H3,(H,20,21)/t14-/m1/s1. The van der Waals surface area contributed by atoms with Gasteiger partial charge in [-0.25, -0.2) is 0 Å². The summed E-state index contributed by atoms with van der Waals surface area (Å²) in [5, 5.41) is 8.72. The van der Waals surface area contributed by atoms with Crippen LogP contribution in [0, 0.1) is 5.92 Å². The number of carbonyl (C=O) groups is 3. The third kappa shape index (κ3) is 8.14. The van der Waals surface area contributed by atoms with E-state index in [4.69, 9.17) is 9.84 Å². The van der Waals surface area contributed by atoms with E-state index in [0.717, 1.165) is 5.56 Å². The smallest absolute Gasteiger partial charge is 0.307 e. The molecule has 0 bridgehead atoms. The van der Waals surface area contributed by atoms with Gasteiger partial charge in [0.1, 0.15) is 11.4 Å². The fraction of sp³-hybridized carbons (Fsp3) is 0.500. The normalized spacial score (nSPS) is 12.5. The second-order valence-electron chi connectivity index (χ2n) is 6.54. The maximum Gasteiger partial charge on any atom is 0.307 e. The van der Waals surface area contributed by atoms with Gasteiger partial charge in [0.2, 0.25) is 0 Å². The molecule has 0 radical (unpaired) electrons. The molecule has 126 valence electrons. The van der Waals surface area contributed by atoms with Crippen LogP contribution in [0.4, 0.5) is 0 Å². The first-order valence-corrected chi connectivity index (χ1v) is 7.67. The molecule has 0 aliphatic rings. The topological polar surface area (TPSA) is 80.7 Å². The van der Waals surface area contributed by atoms with Crippen molar-refractivity contribution < 1.29 is 24.2 Å². The minimum absolute atomic E-state index is 0.0371. The molecule has 1 atom stereocenters. The van der Waals surface area contributed by atoms with E-state index in [9.17, 15) is 14.4 Å². The molecule has 0 spiro atoms. The second-order valence-corrected chi connectivity index (χ2v) is 6.54. The maximum absolute atomic E-state index is 12.3. The number of carboxylic acid groups (broad SMARTS) is 1. The molecule has 5 nitrogen and oxygen atoms in total. The molecule has 0 aliphatic heterocycles. The Morgan fingerprint density at radius 2 is 1.70 bits per heavy atom. The first-order valence-electron chi connectivity index (χ1n) is 7.67. The van der Waals surface area contributed by atoms with Gasteiger partial charge < -0.3 is 9.84 Å². The van der Waals surface area contributed by atoms with E-state index in [0.29, 0.717) is 6.42 Å². The molecular weight excluding hydrogens is 296 g/mol. The van der Waals surface area contributed by atoms with Gasteiger partial charge in [0.25, 0.3) is 0 Å². The van der Waals surface area contributed by atoms with Gasteiger partial charge in [0, 0.05) is 12.3 Å². The Morgan fingerprint density at radius 1 is 1.09 bits per heavy atom. The summed E-state index contributed by atoms with van der Waals surface area (Å²) in [4.78, 5) is 34.9. The number of aliphatic carboxylic acids is 1. The first kappa shape index (κ1) is 18.9. The van der Waals surface area contributed by atoms with E-state index in [-0.39, 0.29) is 25.0 Å². The van der Waals surface area contributed by atoms with E-state index < -0.39 is 23.5 Å². The minimum atomic E-state index is -1.02. The Hall–Kier alpha value is -2.17. The van der Waals surface area contributed by atoms with Gasteiger partial charge in [0.15, 0.2) is 0 Å². The number of rotatable bonds is 8. The summed E-state index contributed by atoms with van der Waals surface area (Å²) in [5.74, 6) is -2.25. The lowest BCUT2D eigenvalue weighted by Gasteiger charge is -2.22. The summed E-state index contributed by atoms with van der Waals surface area (Å²) < 4.78 is 5.27. The number of hydrogen-bond donors (Lipinski definition) is 1. The predicted octanol–water partition coefficient (Wildman–Crippen LogP) is 3.01. The summed E-state index contributed by atoms with van der Waals surface area (Å²) in [6.45, 7) is 5.30. The molecule has 0 saturated carbocycles. The second kappa shape index (κ2) is 8.46. The Morgan fingerprint density at radius 3 is 2.22 bits per heavy atom. The molecule has 0 amide bonds. The number of esters is 1. The van der Waals surface area contributed by atoms with Crippen molar-refractivity contribution in [2.75, 3.05) is 0 Å². The van der Waals surface area contributed by atoms with Crippen molar-refractivity contribution >= 4 is 17.7 Å². The third-order valence-corrected chi connectivity index (χ3v) is 3.20. The quantitative estimate of drug-likeness (QED) is 0.745. The highest BCUT2D eigenvalue weighted by Gasteiger charge is 2.25.